The molecular formula is C32H26IN7O8. The number of halogens is 1. The molecule has 1 aliphatic heterocycles. The second kappa shape index (κ2) is 13.0. The van der Waals surface area contributed by atoms with Crippen LogP contribution >= 0.6 is 22.6 Å². The number of nitrogens with zero attached hydrogens (tertiary/aromatic N) is 5. The number of carbonyl (C=O) groups is 3. The van der Waals surface area contributed by atoms with E-state index in [4.69, 9.17) is 22.1 Å². The zero-order valence-corrected chi connectivity index (χ0v) is 27.6. The van der Waals surface area contributed by atoms with Gasteiger partial charge in [-0.05, 0) is 52.6 Å². The lowest BCUT2D eigenvalue weighted by molar-refractivity contribution is -0.132. The van der Waals surface area contributed by atoms with Gasteiger partial charge in [0.1, 0.15) is 43.1 Å². The third-order valence-corrected chi connectivity index (χ3v) is 8.31. The maximum atomic E-state index is 13.8. The molecule has 0 aliphatic carbocycles. The van der Waals surface area contributed by atoms with E-state index in [9.17, 15) is 14.4 Å². The average Bonchev–Trinajstić information content (AvgIpc) is 3.91. The van der Waals surface area contributed by atoms with Gasteiger partial charge in [0.2, 0.25) is 41.3 Å². The molecule has 0 fully saturated rings. The molecule has 15 nitrogen and oxygen atoms in total. The molecule has 0 saturated carbocycles. The Bertz CT molecular complexity index is 2100. The van der Waals surface area contributed by atoms with Crippen LogP contribution in [0.15, 0.2) is 77.7 Å². The minimum Gasteiger partial charge on any atom is -0.446 e. The lowest BCUT2D eigenvalue weighted by atomic mass is 9.91. The molecule has 2 atom stereocenters. The third kappa shape index (κ3) is 6.55. The quantitative estimate of drug-likeness (QED) is 0.225. The van der Waals surface area contributed by atoms with Crippen LogP contribution in [-0.2, 0) is 22.6 Å². The number of nitrogens with one attached hydrogen (secondary N) is 2. The van der Waals surface area contributed by atoms with Crippen molar-refractivity contribution >= 4 is 40.2 Å². The van der Waals surface area contributed by atoms with Crippen LogP contribution in [0.25, 0.3) is 46.3 Å². The van der Waals surface area contributed by atoms with Crippen molar-refractivity contribution in [1.29, 1.82) is 0 Å². The monoisotopic (exact) mass is 763 g/mol. The molecule has 6 aromatic rings. The highest BCUT2D eigenvalue weighted by atomic mass is 127. The molecule has 6 heterocycles. The second-order valence-electron chi connectivity index (χ2n) is 11.4. The van der Waals surface area contributed by atoms with E-state index in [1.54, 1.807) is 0 Å². The Morgan fingerprint density at radius 1 is 0.708 bits per heavy atom. The maximum Gasteiger partial charge on any atom is 0.249 e. The Morgan fingerprint density at radius 2 is 1.21 bits per heavy atom. The topological polar surface area (TPSA) is 205 Å². The van der Waals surface area contributed by atoms with Gasteiger partial charge in [-0.15, -0.1) is 0 Å². The summed E-state index contributed by atoms with van der Waals surface area (Å²) in [5, 5.41) is 5.63. The van der Waals surface area contributed by atoms with E-state index in [2.05, 4.69) is 58.1 Å². The Labute approximate surface area is 285 Å². The number of carbonyl (C=O) groups excluding carboxylic acids is 3. The van der Waals surface area contributed by atoms with Crippen LogP contribution < -0.4 is 10.6 Å². The minimum atomic E-state index is -0.910. The predicted octanol–water partition coefficient (Wildman–Crippen LogP) is 5.10. The average molecular weight is 764 g/mol. The first kappa shape index (κ1) is 31.2. The van der Waals surface area contributed by atoms with E-state index in [1.165, 1.54) is 31.3 Å². The third-order valence-electron chi connectivity index (χ3n) is 7.59. The highest BCUT2D eigenvalue weighted by Gasteiger charge is 2.31. The Hall–Kier alpha value is -5.39. The van der Waals surface area contributed by atoms with Crippen LogP contribution in [0.4, 0.5) is 0 Å². The summed E-state index contributed by atoms with van der Waals surface area (Å²) in [4.78, 5) is 62.5. The molecule has 2 amide bonds. The van der Waals surface area contributed by atoms with Crippen molar-refractivity contribution in [3.05, 3.63) is 76.3 Å². The van der Waals surface area contributed by atoms with Crippen molar-refractivity contribution in [1.82, 2.24) is 35.6 Å². The van der Waals surface area contributed by atoms with Crippen LogP contribution in [-0.4, -0.2) is 48.6 Å². The first-order chi connectivity index (χ1) is 23.2. The Kier molecular flexibility index (Phi) is 8.47. The standard InChI is InChI=1S/C32H26IN7O8/c1-15(2)26-28(43)34-9-25-35-20(11-44-25)29-37-22(13-46-29)31-39-23(14-48-31)32-38-21(12-47-32)30-36-19(10-45-30)24(41)8-17(27(42)40-26)7-16-3-5-18(33)6-4-16/h3-6,10-15,17,26H,7-9H2,1-2H3,(H,34,43)(H,40,42). The summed E-state index contributed by atoms with van der Waals surface area (Å²) >= 11 is 2.20. The lowest BCUT2D eigenvalue weighted by Crippen LogP contribution is -2.51. The van der Waals surface area contributed by atoms with Crippen LogP contribution in [0, 0.1) is 15.4 Å². The van der Waals surface area contributed by atoms with Gasteiger partial charge in [-0.2, -0.15) is 0 Å². The zero-order chi connectivity index (χ0) is 33.4. The molecule has 5 aromatic heterocycles. The molecule has 2 unspecified atom stereocenters. The van der Waals surface area contributed by atoms with Crippen molar-refractivity contribution in [3.8, 4) is 46.3 Å². The zero-order valence-electron chi connectivity index (χ0n) is 25.4. The van der Waals surface area contributed by atoms with E-state index in [-0.39, 0.29) is 83.2 Å². The van der Waals surface area contributed by atoms with Gasteiger partial charge in [0, 0.05) is 15.9 Å². The van der Waals surface area contributed by atoms with Gasteiger partial charge in [0.15, 0.2) is 28.6 Å². The van der Waals surface area contributed by atoms with Crippen LogP contribution in [0.3, 0.4) is 0 Å². The number of fused-ring (bicyclic) bond motifs is 14. The summed E-state index contributed by atoms with van der Waals surface area (Å²) in [5.41, 5.74) is 1.91. The molecule has 10 bridgehead atoms. The van der Waals surface area contributed by atoms with Gasteiger partial charge in [0.25, 0.3) is 0 Å². The molecule has 1 aromatic carbocycles. The van der Waals surface area contributed by atoms with Gasteiger partial charge in [-0.1, -0.05) is 26.0 Å². The smallest absolute Gasteiger partial charge is 0.249 e. The number of ketones is 1. The number of hydrogen-bond donors (Lipinski definition) is 2. The molecule has 244 valence electrons. The normalized spacial score (nSPS) is 17.2. The fraction of sp³-hybridized carbons (Fsp3) is 0.250. The first-order valence-corrected chi connectivity index (χ1v) is 15.9. The Balaban J connectivity index is 1.23. The number of benzene rings is 1. The van der Waals surface area contributed by atoms with Crippen molar-refractivity contribution in [3.63, 3.8) is 0 Å². The summed E-state index contributed by atoms with van der Waals surface area (Å²) in [5.74, 6) is -1.82. The van der Waals surface area contributed by atoms with E-state index in [1.807, 2.05) is 38.1 Å². The van der Waals surface area contributed by atoms with Crippen LogP contribution in [0.5, 0.6) is 0 Å². The molecular weight excluding hydrogens is 737 g/mol. The fourth-order valence-corrected chi connectivity index (χ4v) is 5.41. The second-order valence-corrected chi connectivity index (χ2v) is 12.6. The summed E-state index contributed by atoms with van der Waals surface area (Å²) in [6, 6.07) is 6.73. The molecule has 0 spiro atoms. The summed E-state index contributed by atoms with van der Waals surface area (Å²) in [6.45, 7) is 3.56. The number of rotatable bonds is 3. The molecule has 2 N–H and O–H groups in total. The summed E-state index contributed by atoms with van der Waals surface area (Å²) in [7, 11) is 0. The fourth-order valence-electron chi connectivity index (χ4n) is 5.05. The van der Waals surface area contributed by atoms with Crippen LogP contribution in [0.1, 0.15) is 42.2 Å². The predicted molar refractivity (Wildman–Crippen MR) is 172 cm³/mol. The van der Waals surface area contributed by atoms with Crippen molar-refractivity contribution < 1.29 is 36.5 Å². The molecule has 0 saturated heterocycles. The number of hydrogen-bond acceptors (Lipinski definition) is 13. The summed E-state index contributed by atoms with van der Waals surface area (Å²) < 4.78 is 28.9. The maximum absolute atomic E-state index is 13.8. The Morgan fingerprint density at radius 3 is 1.77 bits per heavy atom. The van der Waals surface area contributed by atoms with Crippen molar-refractivity contribution in [2.75, 3.05) is 0 Å². The molecule has 16 heteroatoms. The first-order valence-electron chi connectivity index (χ1n) is 14.8. The van der Waals surface area contributed by atoms with Gasteiger partial charge < -0.3 is 32.7 Å². The number of aromatic nitrogens is 5. The van der Waals surface area contributed by atoms with Gasteiger partial charge in [-0.3, -0.25) is 14.4 Å². The minimum absolute atomic E-state index is 0.0124. The highest BCUT2D eigenvalue weighted by molar-refractivity contribution is 14.1. The summed E-state index contributed by atoms with van der Waals surface area (Å²) in [6.07, 6.45) is 6.61. The van der Waals surface area contributed by atoms with E-state index >= 15 is 0 Å². The molecule has 0 radical (unpaired) electrons. The van der Waals surface area contributed by atoms with Crippen molar-refractivity contribution in [2.45, 2.75) is 39.3 Å². The highest BCUT2D eigenvalue weighted by Crippen LogP contribution is 2.29. The number of Topliss-reactive ketones (excluding diaryl/α,β-unsaturated/α-hetero) is 1. The number of oxazole rings is 5. The molecule has 1 aliphatic rings. The number of amides is 2. The van der Waals surface area contributed by atoms with Gasteiger partial charge >= 0.3 is 0 Å². The molecule has 48 heavy (non-hydrogen) atoms. The van der Waals surface area contributed by atoms with E-state index in [0.29, 0.717) is 0 Å². The lowest BCUT2D eigenvalue weighted by Gasteiger charge is -2.24. The van der Waals surface area contributed by atoms with Crippen molar-refractivity contribution in [2.24, 2.45) is 11.8 Å². The SMILES string of the molecule is CC(C)C1NC(=O)C(Cc2ccc(I)cc2)CC(=O)c2coc(n2)-c2coc(n2)-c2coc(n2)-c2coc(n2)-c2coc(n2)CNC1=O. The van der Waals surface area contributed by atoms with Gasteiger partial charge in [0.05, 0.1) is 6.54 Å². The van der Waals surface area contributed by atoms with E-state index < -0.39 is 29.6 Å². The molecule has 7 rings (SSSR count). The largest absolute Gasteiger partial charge is 0.446 e. The van der Waals surface area contributed by atoms with Gasteiger partial charge in [-0.25, -0.2) is 24.9 Å². The van der Waals surface area contributed by atoms with Crippen LogP contribution in [0.2, 0.25) is 0 Å². The van der Waals surface area contributed by atoms with E-state index in [0.717, 1.165) is 9.13 Å².